The summed E-state index contributed by atoms with van der Waals surface area (Å²) in [4.78, 5) is 37.5. The van der Waals surface area contributed by atoms with Gasteiger partial charge in [-0.05, 0) is 84.2 Å². The second-order valence-electron chi connectivity index (χ2n) is 16.1. The van der Waals surface area contributed by atoms with E-state index in [1.807, 2.05) is 11.0 Å². The molecule has 0 bridgehead atoms. The van der Waals surface area contributed by atoms with Gasteiger partial charge in [-0.1, -0.05) is 24.3 Å². The van der Waals surface area contributed by atoms with Gasteiger partial charge in [-0.3, -0.25) is 4.79 Å². The summed E-state index contributed by atoms with van der Waals surface area (Å²) >= 11 is 0. The number of methoxy groups -OCH3 is 2. The topological polar surface area (TPSA) is 131 Å². The van der Waals surface area contributed by atoms with Gasteiger partial charge in [0.25, 0.3) is 5.91 Å². The Morgan fingerprint density at radius 2 is 1.36 bits per heavy atom. The van der Waals surface area contributed by atoms with E-state index in [2.05, 4.69) is 0 Å². The van der Waals surface area contributed by atoms with E-state index < -0.39 is 15.0 Å². The van der Waals surface area contributed by atoms with Gasteiger partial charge >= 0.3 is 6.03 Å². The third-order valence-corrected chi connectivity index (χ3v) is 14.3. The second-order valence-corrected chi connectivity index (χ2v) is 18.3. The quantitative estimate of drug-likeness (QED) is 0.198. The number of alkyl halides is 1. The number of ether oxygens (including phenoxy) is 4. The number of urea groups is 1. The highest BCUT2D eigenvalue weighted by atomic mass is 32.2. The highest BCUT2D eigenvalue weighted by Gasteiger charge is 2.51. The SMILES string of the molecule is COc1ccc(CN(Cc2ccc(OC)cc2)S(=O)(=O)C2(F)CCN(C(=O)N3CC4=C(CN(C(=O)c5cc(OCC6CCOCC6)nc(C6CC6)c5)C4)C3)CC2)cc1. The molecular weight excluding hydrogens is 766 g/mol. The van der Waals surface area contributed by atoms with Crippen LogP contribution in [0.3, 0.4) is 0 Å². The molecule has 0 atom stereocenters. The van der Waals surface area contributed by atoms with Crippen molar-refractivity contribution >= 4 is 22.0 Å². The number of aromatic nitrogens is 1. The molecule has 0 spiro atoms. The summed E-state index contributed by atoms with van der Waals surface area (Å²) in [5.41, 5.74) is 4.90. The predicted molar refractivity (Wildman–Crippen MR) is 214 cm³/mol. The third-order valence-electron chi connectivity index (χ3n) is 12.1. The van der Waals surface area contributed by atoms with Gasteiger partial charge in [0.15, 0.2) is 0 Å². The van der Waals surface area contributed by atoms with Crippen molar-refractivity contribution in [1.82, 2.24) is 24.0 Å². The van der Waals surface area contributed by atoms with Crippen LogP contribution in [0.1, 0.15) is 71.6 Å². The molecule has 1 saturated carbocycles. The minimum absolute atomic E-state index is 0.0361. The molecule has 15 heteroatoms. The van der Waals surface area contributed by atoms with Crippen molar-refractivity contribution in [2.45, 2.75) is 62.5 Å². The number of hydrogen-bond donors (Lipinski definition) is 0. The van der Waals surface area contributed by atoms with E-state index in [0.29, 0.717) is 78.7 Å². The van der Waals surface area contributed by atoms with Gasteiger partial charge in [0, 0.05) is 102 Å². The molecule has 310 valence electrons. The fourth-order valence-electron chi connectivity index (χ4n) is 8.29. The number of carbonyl (C=O) groups is 2. The summed E-state index contributed by atoms with van der Waals surface area (Å²) in [6.07, 6.45) is 3.32. The number of hydrogen-bond acceptors (Lipinski definition) is 9. The van der Waals surface area contributed by atoms with Crippen LogP contribution in [-0.4, -0.2) is 123 Å². The Labute approximate surface area is 339 Å². The Morgan fingerprint density at radius 1 is 0.810 bits per heavy atom. The van der Waals surface area contributed by atoms with E-state index in [9.17, 15) is 18.0 Å². The lowest BCUT2D eigenvalue weighted by Gasteiger charge is -2.40. The first kappa shape index (κ1) is 40.1. The summed E-state index contributed by atoms with van der Waals surface area (Å²) in [7, 11) is -1.39. The first-order valence-electron chi connectivity index (χ1n) is 20.2. The van der Waals surface area contributed by atoms with Crippen molar-refractivity contribution in [2.24, 2.45) is 5.92 Å². The molecule has 5 heterocycles. The molecule has 1 aliphatic carbocycles. The number of rotatable bonds is 13. The molecule has 5 aliphatic rings. The predicted octanol–water partition coefficient (Wildman–Crippen LogP) is 5.76. The lowest BCUT2D eigenvalue weighted by Crippen LogP contribution is -2.54. The molecule has 0 N–H and O–H groups in total. The van der Waals surface area contributed by atoms with Gasteiger partial charge in [-0.15, -0.1) is 0 Å². The normalized spacial score (nSPS) is 19.8. The van der Waals surface area contributed by atoms with Crippen LogP contribution < -0.4 is 14.2 Å². The highest BCUT2D eigenvalue weighted by Crippen LogP contribution is 2.41. The van der Waals surface area contributed by atoms with E-state index >= 15 is 4.39 Å². The van der Waals surface area contributed by atoms with E-state index in [-0.39, 0.29) is 51.0 Å². The lowest BCUT2D eigenvalue weighted by molar-refractivity contribution is 0.0490. The first-order valence-corrected chi connectivity index (χ1v) is 21.7. The van der Waals surface area contributed by atoms with Crippen LogP contribution in [-0.2, 0) is 27.8 Å². The summed E-state index contributed by atoms with van der Waals surface area (Å²) in [5, 5.41) is -2.56. The van der Waals surface area contributed by atoms with Crippen LogP contribution in [0.5, 0.6) is 17.4 Å². The Morgan fingerprint density at radius 3 is 1.90 bits per heavy atom. The third kappa shape index (κ3) is 8.67. The molecule has 3 fully saturated rings. The molecule has 3 amide bonds. The average Bonchev–Trinajstić information content (AvgIpc) is 3.92. The van der Waals surface area contributed by atoms with Gasteiger partial charge in [-0.2, -0.15) is 4.31 Å². The van der Waals surface area contributed by atoms with Gasteiger partial charge in [0.1, 0.15) is 11.5 Å². The largest absolute Gasteiger partial charge is 0.497 e. The van der Waals surface area contributed by atoms with Gasteiger partial charge in [0.05, 0.1) is 20.8 Å². The van der Waals surface area contributed by atoms with Crippen molar-refractivity contribution in [3.8, 4) is 17.4 Å². The summed E-state index contributed by atoms with van der Waals surface area (Å²) < 4.78 is 68.6. The fourth-order valence-corrected chi connectivity index (χ4v) is 10.1. The van der Waals surface area contributed by atoms with E-state index in [1.54, 1.807) is 78.6 Å². The smallest absolute Gasteiger partial charge is 0.320 e. The number of halogens is 1. The van der Waals surface area contributed by atoms with Crippen LogP contribution in [0.2, 0.25) is 0 Å². The van der Waals surface area contributed by atoms with Gasteiger partial charge in [-0.25, -0.2) is 22.6 Å². The van der Waals surface area contributed by atoms with Crippen LogP contribution in [0.15, 0.2) is 71.8 Å². The summed E-state index contributed by atoms with van der Waals surface area (Å²) in [6, 6.07) is 17.4. The Balaban J connectivity index is 0.874. The van der Waals surface area contributed by atoms with Crippen molar-refractivity contribution in [1.29, 1.82) is 0 Å². The van der Waals surface area contributed by atoms with Crippen LogP contribution in [0, 0.1) is 5.92 Å². The van der Waals surface area contributed by atoms with E-state index in [0.717, 1.165) is 55.7 Å². The number of pyridine rings is 1. The zero-order valence-electron chi connectivity index (χ0n) is 33.2. The lowest BCUT2D eigenvalue weighted by atomic mass is 10.0. The maximum absolute atomic E-state index is 16.8. The Kier molecular flexibility index (Phi) is 11.6. The molecule has 1 aromatic heterocycles. The molecule has 2 saturated heterocycles. The second kappa shape index (κ2) is 16.9. The van der Waals surface area contributed by atoms with Crippen LogP contribution >= 0.6 is 0 Å². The highest BCUT2D eigenvalue weighted by molar-refractivity contribution is 7.90. The van der Waals surface area contributed by atoms with E-state index in [4.69, 9.17) is 23.9 Å². The van der Waals surface area contributed by atoms with Crippen molar-refractivity contribution in [3.63, 3.8) is 0 Å². The molecule has 0 radical (unpaired) electrons. The maximum atomic E-state index is 16.8. The molecule has 4 aliphatic heterocycles. The fraction of sp³-hybridized carbons (Fsp3) is 0.512. The maximum Gasteiger partial charge on any atom is 0.320 e. The molecule has 8 rings (SSSR count). The number of benzene rings is 2. The Bertz CT molecular complexity index is 2050. The van der Waals surface area contributed by atoms with Crippen LogP contribution in [0.25, 0.3) is 0 Å². The molecular formula is C43H52FN5O8S. The zero-order valence-corrected chi connectivity index (χ0v) is 34.1. The molecule has 0 unspecified atom stereocenters. The van der Waals surface area contributed by atoms with Crippen LogP contribution in [0.4, 0.5) is 9.18 Å². The van der Waals surface area contributed by atoms with E-state index in [1.165, 1.54) is 4.31 Å². The Hall–Kier alpha value is -4.73. The minimum Gasteiger partial charge on any atom is -0.497 e. The van der Waals surface area contributed by atoms with Crippen molar-refractivity contribution < 1.29 is 41.3 Å². The standard InChI is InChI=1S/C43H52FN5O8S/c1-54-37-9-3-30(4-10-37)23-49(24-31-5-11-38(55-2)12-6-31)58(52,53)43(44)15-17-46(18-16-43)42(51)48-27-35-25-47(26-36(35)28-48)41(50)34-21-39(33-7-8-33)45-40(22-34)57-29-32-13-19-56-20-14-32/h3-6,9-12,21-22,32-33H,7-8,13-20,23-29H2,1-2H3. The minimum atomic E-state index is -4.49. The molecule has 2 aromatic carbocycles. The molecule has 13 nitrogen and oxygen atoms in total. The first-order chi connectivity index (χ1) is 28.0. The monoisotopic (exact) mass is 817 g/mol. The van der Waals surface area contributed by atoms with Crippen molar-refractivity contribution in [3.05, 3.63) is 94.2 Å². The number of likely N-dealkylation sites (tertiary alicyclic amines) is 1. The van der Waals surface area contributed by atoms with Gasteiger partial charge < -0.3 is 33.6 Å². The molecule has 58 heavy (non-hydrogen) atoms. The van der Waals surface area contributed by atoms with Gasteiger partial charge in [0.2, 0.25) is 20.9 Å². The van der Waals surface area contributed by atoms with Crippen molar-refractivity contribution in [2.75, 3.05) is 73.3 Å². The average molecular weight is 818 g/mol. The molecule has 3 aromatic rings. The number of piperidine rings is 1. The summed E-state index contributed by atoms with van der Waals surface area (Å²) in [5.74, 6) is 2.43. The number of nitrogens with zero attached hydrogens (tertiary/aromatic N) is 5. The number of amides is 3. The summed E-state index contributed by atoms with van der Waals surface area (Å²) in [6.45, 7) is 3.45. The number of sulfonamides is 1. The zero-order chi connectivity index (χ0) is 40.4. The number of carbonyl (C=O) groups excluding carboxylic acids is 2.